The Morgan fingerprint density at radius 3 is 2.75 bits per heavy atom. The number of fused-ring (bicyclic) bond motifs is 2. The van der Waals surface area contributed by atoms with E-state index >= 15 is 0 Å². The molecule has 0 fully saturated rings. The number of aliphatic hydroxyl groups excluding tert-OH is 1. The summed E-state index contributed by atoms with van der Waals surface area (Å²) in [5.41, 5.74) is 8.45. The smallest absolute Gasteiger partial charge is 0.335 e. The fourth-order valence-electron chi connectivity index (χ4n) is 2.30. The monoisotopic (exact) mass is 287 g/mol. The first-order valence-corrected chi connectivity index (χ1v) is 6.98. The molecule has 4 N–H and O–H groups in total. The molecular weight excluding hydrogens is 274 g/mol. The summed E-state index contributed by atoms with van der Waals surface area (Å²) in [5.74, 6) is -0.972. The minimum absolute atomic E-state index is 0.218. The third-order valence-corrected chi connectivity index (χ3v) is 4.52. The average Bonchev–Trinajstić information content (AvgIpc) is 2.54. The van der Waals surface area contributed by atoms with Crippen molar-refractivity contribution in [3.63, 3.8) is 0 Å². The molecule has 1 aliphatic rings. The maximum Gasteiger partial charge on any atom is 0.335 e. The van der Waals surface area contributed by atoms with Gasteiger partial charge in [-0.2, -0.15) is 0 Å². The van der Waals surface area contributed by atoms with Crippen LogP contribution in [0.4, 0.5) is 5.69 Å². The fourth-order valence-corrected chi connectivity index (χ4v) is 3.52. The summed E-state index contributed by atoms with van der Waals surface area (Å²) in [4.78, 5) is 12.8. The summed E-state index contributed by atoms with van der Waals surface area (Å²) in [7, 11) is 0. The van der Waals surface area contributed by atoms with E-state index in [9.17, 15) is 9.90 Å². The number of anilines is 1. The van der Waals surface area contributed by atoms with Crippen molar-refractivity contribution in [3.05, 3.63) is 53.1 Å². The van der Waals surface area contributed by atoms with Gasteiger partial charge in [0.25, 0.3) is 0 Å². The van der Waals surface area contributed by atoms with E-state index in [4.69, 9.17) is 10.8 Å². The van der Waals surface area contributed by atoms with Gasteiger partial charge in [-0.25, -0.2) is 4.79 Å². The molecule has 1 atom stereocenters. The van der Waals surface area contributed by atoms with Gasteiger partial charge < -0.3 is 15.9 Å². The van der Waals surface area contributed by atoms with Crippen LogP contribution in [0.3, 0.4) is 0 Å². The highest BCUT2D eigenvalue weighted by Gasteiger charge is 2.22. The molecule has 0 amide bonds. The van der Waals surface area contributed by atoms with Gasteiger partial charge >= 0.3 is 5.97 Å². The van der Waals surface area contributed by atoms with Crippen LogP contribution >= 0.6 is 11.8 Å². The molecule has 2 aromatic carbocycles. The zero-order chi connectivity index (χ0) is 14.3. The van der Waals surface area contributed by atoms with Crippen molar-refractivity contribution in [2.24, 2.45) is 0 Å². The van der Waals surface area contributed by atoms with E-state index in [1.54, 1.807) is 12.1 Å². The van der Waals surface area contributed by atoms with E-state index < -0.39 is 12.1 Å². The number of carboxylic acid groups (broad SMARTS) is 1. The molecule has 1 heterocycles. The number of aromatic carboxylic acids is 1. The van der Waals surface area contributed by atoms with Crippen molar-refractivity contribution in [1.29, 1.82) is 0 Å². The van der Waals surface area contributed by atoms with Crippen molar-refractivity contribution in [1.82, 2.24) is 0 Å². The van der Waals surface area contributed by atoms with Gasteiger partial charge in [0.2, 0.25) is 0 Å². The summed E-state index contributed by atoms with van der Waals surface area (Å²) >= 11 is 1.45. The molecule has 1 aliphatic heterocycles. The van der Waals surface area contributed by atoms with Gasteiger partial charge in [-0.3, -0.25) is 0 Å². The van der Waals surface area contributed by atoms with Crippen LogP contribution in [-0.4, -0.2) is 16.2 Å². The van der Waals surface area contributed by atoms with Crippen LogP contribution in [0.1, 0.15) is 27.6 Å². The van der Waals surface area contributed by atoms with Gasteiger partial charge in [-0.1, -0.05) is 23.9 Å². The lowest BCUT2D eigenvalue weighted by Gasteiger charge is -2.11. The van der Waals surface area contributed by atoms with Gasteiger partial charge in [0.15, 0.2) is 0 Å². The number of benzene rings is 2. The summed E-state index contributed by atoms with van der Waals surface area (Å²) in [5, 5.41) is 19.4. The molecule has 3 rings (SSSR count). The highest BCUT2D eigenvalue weighted by molar-refractivity contribution is 7.99. The molecule has 0 bridgehead atoms. The molecule has 0 spiro atoms. The van der Waals surface area contributed by atoms with Gasteiger partial charge in [0, 0.05) is 21.9 Å². The standard InChI is InChI=1S/C15H13NO3S/c16-10-3-1-8-5-12(17)11-4-2-9(15(18)19)6-14(11)20-13(8)7-10/h1-4,6-7,12,17H,5,16H2,(H,18,19). The maximum absolute atomic E-state index is 11.1. The molecule has 20 heavy (non-hydrogen) atoms. The Hall–Kier alpha value is -1.98. The fraction of sp³-hybridized carbons (Fsp3) is 0.133. The minimum atomic E-state index is -0.972. The third-order valence-electron chi connectivity index (χ3n) is 3.34. The molecule has 0 aliphatic carbocycles. The predicted octanol–water partition coefficient (Wildman–Crippen LogP) is 2.71. The summed E-state index contributed by atoms with van der Waals surface area (Å²) in [6.07, 6.45) is -0.132. The van der Waals surface area contributed by atoms with Crippen molar-refractivity contribution >= 4 is 23.4 Å². The Labute approximate surface area is 120 Å². The lowest BCUT2D eigenvalue weighted by atomic mass is 10.0. The normalized spacial score (nSPS) is 16.9. The topological polar surface area (TPSA) is 83.6 Å². The average molecular weight is 287 g/mol. The zero-order valence-corrected chi connectivity index (χ0v) is 11.4. The molecule has 0 aromatic heterocycles. The third kappa shape index (κ3) is 2.26. The van der Waals surface area contributed by atoms with Crippen molar-refractivity contribution in [2.75, 3.05) is 5.73 Å². The second-order valence-electron chi connectivity index (χ2n) is 4.75. The van der Waals surface area contributed by atoms with Crippen LogP contribution in [-0.2, 0) is 6.42 Å². The van der Waals surface area contributed by atoms with E-state index in [1.807, 2.05) is 18.2 Å². The number of nitrogens with two attached hydrogens (primary N) is 1. The molecule has 102 valence electrons. The second kappa shape index (κ2) is 4.85. The van der Waals surface area contributed by atoms with Crippen LogP contribution in [0.5, 0.6) is 0 Å². The molecule has 2 aromatic rings. The number of aliphatic hydroxyl groups is 1. The second-order valence-corrected chi connectivity index (χ2v) is 5.83. The van der Waals surface area contributed by atoms with Gasteiger partial charge in [0.1, 0.15) is 0 Å². The highest BCUT2D eigenvalue weighted by Crippen LogP contribution is 2.41. The van der Waals surface area contributed by atoms with Crippen LogP contribution < -0.4 is 5.73 Å². The first-order valence-electron chi connectivity index (χ1n) is 6.16. The summed E-state index contributed by atoms with van der Waals surface area (Å²) < 4.78 is 0. The summed E-state index contributed by atoms with van der Waals surface area (Å²) in [6, 6.07) is 10.4. The zero-order valence-electron chi connectivity index (χ0n) is 10.5. The number of rotatable bonds is 1. The van der Waals surface area contributed by atoms with E-state index in [0.29, 0.717) is 12.1 Å². The van der Waals surface area contributed by atoms with Crippen LogP contribution in [0.25, 0.3) is 0 Å². The van der Waals surface area contributed by atoms with E-state index in [-0.39, 0.29) is 5.56 Å². The predicted molar refractivity (Wildman–Crippen MR) is 77.0 cm³/mol. The summed E-state index contributed by atoms with van der Waals surface area (Å²) in [6.45, 7) is 0. The van der Waals surface area contributed by atoms with Crippen molar-refractivity contribution in [3.8, 4) is 0 Å². The highest BCUT2D eigenvalue weighted by atomic mass is 32.2. The Morgan fingerprint density at radius 1 is 1.20 bits per heavy atom. The van der Waals surface area contributed by atoms with Gasteiger partial charge in [-0.15, -0.1) is 0 Å². The quantitative estimate of drug-likeness (QED) is 0.702. The SMILES string of the molecule is Nc1ccc2c(c1)Sc1cc(C(=O)O)ccc1C(O)C2. The first-order chi connectivity index (χ1) is 9.54. The van der Waals surface area contributed by atoms with E-state index in [1.165, 1.54) is 17.8 Å². The van der Waals surface area contributed by atoms with Crippen LogP contribution in [0.15, 0.2) is 46.2 Å². The Bertz CT molecular complexity index is 700. The Balaban J connectivity index is 2.13. The Kier molecular flexibility index (Phi) is 3.16. The molecule has 1 unspecified atom stereocenters. The first kappa shape index (κ1) is 13.0. The van der Waals surface area contributed by atoms with Crippen molar-refractivity contribution in [2.45, 2.75) is 22.3 Å². The number of carboxylic acids is 1. The minimum Gasteiger partial charge on any atom is -0.478 e. The largest absolute Gasteiger partial charge is 0.478 e. The van der Waals surface area contributed by atoms with Gasteiger partial charge in [-0.05, 0) is 35.4 Å². The molecule has 5 heteroatoms. The lowest BCUT2D eigenvalue weighted by molar-refractivity contribution is 0.0696. The van der Waals surface area contributed by atoms with Crippen LogP contribution in [0, 0.1) is 0 Å². The van der Waals surface area contributed by atoms with Gasteiger partial charge in [0.05, 0.1) is 11.7 Å². The molecule has 0 radical (unpaired) electrons. The number of carbonyl (C=O) groups is 1. The van der Waals surface area contributed by atoms with Crippen molar-refractivity contribution < 1.29 is 15.0 Å². The van der Waals surface area contributed by atoms with Crippen LogP contribution in [0.2, 0.25) is 0 Å². The van der Waals surface area contributed by atoms with E-state index in [0.717, 1.165) is 20.9 Å². The molecule has 0 saturated carbocycles. The maximum atomic E-state index is 11.1. The molecule has 0 saturated heterocycles. The number of hydrogen-bond acceptors (Lipinski definition) is 4. The molecule has 4 nitrogen and oxygen atoms in total. The molecular formula is C15H13NO3S. The number of nitrogen functional groups attached to an aromatic ring is 1. The lowest BCUT2D eigenvalue weighted by Crippen LogP contribution is -2.03. The number of hydrogen-bond donors (Lipinski definition) is 3. The van der Waals surface area contributed by atoms with E-state index in [2.05, 4.69) is 0 Å². The Morgan fingerprint density at radius 2 is 2.00 bits per heavy atom.